The highest BCUT2D eigenvalue weighted by Gasteiger charge is 2.51. The summed E-state index contributed by atoms with van der Waals surface area (Å²) in [7, 11) is -5.10. The molecule has 0 aromatic rings. The third-order valence-corrected chi connectivity index (χ3v) is 10.9. The Labute approximate surface area is 319 Å². The van der Waals surface area contributed by atoms with Crippen LogP contribution in [0.5, 0.6) is 0 Å². The molecule has 1 aliphatic carbocycles. The molecule has 0 aromatic carbocycles. The van der Waals surface area contributed by atoms with Crippen LogP contribution in [-0.2, 0) is 32.7 Å². The van der Waals surface area contributed by atoms with Gasteiger partial charge in [-0.1, -0.05) is 155 Å². The van der Waals surface area contributed by atoms with E-state index < -0.39 is 75.7 Å². The number of hydrogen-bond donors (Lipinski definition) is 6. The molecule has 53 heavy (non-hydrogen) atoms. The lowest BCUT2D eigenvalue weighted by molar-refractivity contribution is -0.220. The van der Waals surface area contributed by atoms with Crippen LogP contribution in [0.25, 0.3) is 0 Å². The van der Waals surface area contributed by atoms with Crippen LogP contribution in [0.1, 0.15) is 181 Å². The van der Waals surface area contributed by atoms with E-state index in [9.17, 15) is 44.6 Å². The van der Waals surface area contributed by atoms with Gasteiger partial charge in [0.25, 0.3) is 0 Å². The van der Waals surface area contributed by atoms with Crippen LogP contribution in [0.2, 0.25) is 0 Å². The minimum atomic E-state index is -5.10. The number of aliphatic hydroxyl groups excluding tert-OH is 5. The smallest absolute Gasteiger partial charge is 0.462 e. The van der Waals surface area contributed by atoms with Crippen LogP contribution in [0, 0.1) is 0 Å². The molecule has 14 heteroatoms. The van der Waals surface area contributed by atoms with E-state index in [1.54, 1.807) is 0 Å². The van der Waals surface area contributed by atoms with Crippen molar-refractivity contribution in [2.75, 3.05) is 13.2 Å². The van der Waals surface area contributed by atoms with Gasteiger partial charge in [-0.2, -0.15) is 0 Å². The lowest BCUT2D eigenvalue weighted by atomic mass is 9.85. The van der Waals surface area contributed by atoms with Crippen molar-refractivity contribution in [1.29, 1.82) is 0 Å². The Balaban J connectivity index is 2.49. The molecule has 0 amide bonds. The molecule has 0 bridgehead atoms. The van der Waals surface area contributed by atoms with E-state index in [1.165, 1.54) is 96.3 Å². The lowest BCUT2D eigenvalue weighted by Gasteiger charge is -2.41. The summed E-state index contributed by atoms with van der Waals surface area (Å²) in [5, 5.41) is 49.9. The monoisotopic (exact) mass is 782 g/mol. The van der Waals surface area contributed by atoms with Gasteiger partial charge in [-0.15, -0.1) is 0 Å². The Hall–Kier alpha value is -1.15. The summed E-state index contributed by atoms with van der Waals surface area (Å²) in [5.74, 6) is -1.09. The van der Waals surface area contributed by atoms with E-state index in [1.807, 2.05) is 0 Å². The Morgan fingerprint density at radius 3 is 1.25 bits per heavy atom. The van der Waals surface area contributed by atoms with Crippen LogP contribution in [-0.4, -0.2) is 98.3 Å². The summed E-state index contributed by atoms with van der Waals surface area (Å²) >= 11 is 0. The number of hydrogen-bond acceptors (Lipinski definition) is 12. The van der Waals surface area contributed by atoms with Crippen molar-refractivity contribution in [3.8, 4) is 0 Å². The number of carbonyl (C=O) groups is 2. The average molecular weight is 783 g/mol. The molecular weight excluding hydrogens is 707 g/mol. The first-order chi connectivity index (χ1) is 25.4. The number of ether oxygens (including phenoxy) is 2. The Morgan fingerprint density at radius 2 is 0.849 bits per heavy atom. The molecule has 0 heterocycles. The summed E-state index contributed by atoms with van der Waals surface area (Å²) in [6.45, 7) is 3.27. The number of phosphoric ester groups is 1. The normalized spacial score (nSPS) is 23.4. The fraction of sp³-hybridized carbons (Fsp3) is 0.949. The molecule has 314 valence electrons. The van der Waals surface area contributed by atoms with Crippen LogP contribution < -0.4 is 0 Å². The number of rotatable bonds is 34. The summed E-state index contributed by atoms with van der Waals surface area (Å²) in [6, 6.07) is 0. The summed E-state index contributed by atoms with van der Waals surface area (Å²) in [5.41, 5.74) is 0. The second kappa shape index (κ2) is 31.0. The maximum Gasteiger partial charge on any atom is 0.472 e. The van der Waals surface area contributed by atoms with E-state index in [2.05, 4.69) is 13.8 Å². The fourth-order valence-electron chi connectivity index (χ4n) is 6.52. The third-order valence-electron chi connectivity index (χ3n) is 9.95. The molecule has 0 saturated heterocycles. The molecular formula is C39H75O13P. The second-order valence-electron chi connectivity index (χ2n) is 14.9. The summed E-state index contributed by atoms with van der Waals surface area (Å²) < 4.78 is 33.4. The van der Waals surface area contributed by atoms with Crippen LogP contribution >= 0.6 is 7.82 Å². The van der Waals surface area contributed by atoms with Crippen molar-refractivity contribution >= 4 is 19.8 Å². The lowest BCUT2D eigenvalue weighted by Crippen LogP contribution is -2.64. The van der Waals surface area contributed by atoms with Gasteiger partial charge in [0.1, 0.15) is 43.2 Å². The first-order valence-electron chi connectivity index (χ1n) is 20.8. The Bertz CT molecular complexity index is 954. The zero-order valence-corrected chi connectivity index (χ0v) is 33.7. The largest absolute Gasteiger partial charge is 0.472 e. The molecule has 0 spiro atoms. The number of carbonyl (C=O) groups excluding carboxylic acids is 2. The van der Waals surface area contributed by atoms with Crippen molar-refractivity contribution in [1.82, 2.24) is 0 Å². The van der Waals surface area contributed by atoms with Gasteiger partial charge in [-0.3, -0.25) is 18.6 Å². The Kier molecular flexibility index (Phi) is 29.2. The highest BCUT2D eigenvalue weighted by atomic mass is 31.2. The minimum Gasteiger partial charge on any atom is -0.462 e. The van der Waals surface area contributed by atoms with E-state index in [0.29, 0.717) is 12.8 Å². The topological polar surface area (TPSA) is 210 Å². The number of unbranched alkanes of at least 4 members (excludes halogenated alkanes) is 22. The SMILES string of the molecule is CCCCCCCCCCCCCCCCC(=O)OC[C@H](COP(=O)(O)OC1C(O)C(O)C(O)[C@@H](O)C1O)OC(=O)CCCCCCCCCCCC. The molecule has 1 fully saturated rings. The number of aliphatic hydroxyl groups is 5. The maximum atomic E-state index is 12.7. The zero-order valence-electron chi connectivity index (χ0n) is 32.8. The van der Waals surface area contributed by atoms with E-state index in [-0.39, 0.29) is 12.8 Å². The van der Waals surface area contributed by atoms with Crippen LogP contribution in [0.15, 0.2) is 0 Å². The second-order valence-corrected chi connectivity index (χ2v) is 16.3. The summed E-state index contributed by atoms with van der Waals surface area (Å²) in [4.78, 5) is 35.5. The first kappa shape index (κ1) is 49.9. The highest BCUT2D eigenvalue weighted by Crippen LogP contribution is 2.47. The standard InChI is InChI=1S/C39H75O13P/c1-3-5-7-9-11-13-15-16-17-18-20-21-23-25-27-32(40)49-29-31(51-33(41)28-26-24-22-19-14-12-10-8-6-4-2)30-50-53(47,48)52-39-37(45)35(43)34(42)36(44)38(39)46/h31,34-39,42-46H,3-30H2,1-2H3,(H,47,48)/t31-,34?,35-,36?,37?,38?,39?/m1/s1. The molecule has 13 nitrogen and oxygen atoms in total. The van der Waals surface area contributed by atoms with Gasteiger partial charge in [0.05, 0.1) is 6.61 Å². The molecule has 6 unspecified atom stereocenters. The van der Waals surface area contributed by atoms with Gasteiger partial charge >= 0.3 is 19.8 Å². The summed E-state index contributed by atoms with van der Waals surface area (Å²) in [6.07, 6.45) is 14.6. The van der Waals surface area contributed by atoms with E-state index >= 15 is 0 Å². The van der Waals surface area contributed by atoms with E-state index in [0.717, 1.165) is 44.9 Å². The molecule has 0 radical (unpaired) electrons. The Morgan fingerprint density at radius 1 is 0.509 bits per heavy atom. The van der Waals surface area contributed by atoms with Gasteiger partial charge in [-0.25, -0.2) is 4.57 Å². The van der Waals surface area contributed by atoms with Gasteiger partial charge in [0.2, 0.25) is 0 Å². The quantitative estimate of drug-likeness (QED) is 0.0222. The molecule has 8 atom stereocenters. The fourth-order valence-corrected chi connectivity index (χ4v) is 7.50. The molecule has 1 aliphatic rings. The number of esters is 2. The maximum absolute atomic E-state index is 12.7. The third kappa shape index (κ3) is 24.2. The van der Waals surface area contributed by atoms with Crippen molar-refractivity contribution in [2.24, 2.45) is 0 Å². The molecule has 1 saturated carbocycles. The minimum absolute atomic E-state index is 0.103. The van der Waals surface area contributed by atoms with Crippen molar-refractivity contribution in [2.45, 2.75) is 224 Å². The predicted octanol–water partition coefficient (Wildman–Crippen LogP) is 6.94. The first-order valence-corrected chi connectivity index (χ1v) is 22.3. The van der Waals surface area contributed by atoms with Crippen molar-refractivity contribution in [3.63, 3.8) is 0 Å². The molecule has 1 rings (SSSR count). The molecule has 0 aliphatic heterocycles. The van der Waals surface area contributed by atoms with E-state index in [4.69, 9.17) is 18.5 Å². The number of phosphoric acid groups is 1. The van der Waals surface area contributed by atoms with Crippen LogP contribution in [0.3, 0.4) is 0 Å². The van der Waals surface area contributed by atoms with Gasteiger partial charge in [0, 0.05) is 12.8 Å². The van der Waals surface area contributed by atoms with Crippen molar-refractivity contribution < 1.29 is 63.1 Å². The highest BCUT2D eigenvalue weighted by molar-refractivity contribution is 7.47. The average Bonchev–Trinajstić information content (AvgIpc) is 3.13. The molecule has 6 N–H and O–H groups in total. The molecule has 0 aromatic heterocycles. The van der Waals surface area contributed by atoms with Gasteiger partial charge < -0.3 is 39.9 Å². The predicted molar refractivity (Wildman–Crippen MR) is 203 cm³/mol. The van der Waals surface area contributed by atoms with Gasteiger partial charge in [0.15, 0.2) is 6.10 Å². The van der Waals surface area contributed by atoms with Crippen LogP contribution in [0.4, 0.5) is 0 Å². The van der Waals surface area contributed by atoms with Crippen molar-refractivity contribution in [3.05, 3.63) is 0 Å². The zero-order chi connectivity index (χ0) is 39.3. The van der Waals surface area contributed by atoms with Gasteiger partial charge in [-0.05, 0) is 12.8 Å².